The van der Waals surface area contributed by atoms with Crippen LogP contribution in [0.3, 0.4) is 0 Å². The van der Waals surface area contributed by atoms with E-state index in [-0.39, 0.29) is 11.4 Å². The molecule has 21 heavy (non-hydrogen) atoms. The van der Waals surface area contributed by atoms with E-state index in [4.69, 9.17) is 16.3 Å². The molecule has 2 aromatic rings. The summed E-state index contributed by atoms with van der Waals surface area (Å²) in [6.45, 7) is 0. The van der Waals surface area contributed by atoms with Gasteiger partial charge in [-0.05, 0) is 41.5 Å². The highest BCUT2D eigenvalue weighted by Gasteiger charge is 2.12. The summed E-state index contributed by atoms with van der Waals surface area (Å²) in [4.78, 5) is 11.4. The monoisotopic (exact) mass is 306 g/mol. The van der Waals surface area contributed by atoms with Gasteiger partial charge in [0.2, 0.25) is 0 Å². The molecule has 3 nitrogen and oxygen atoms in total. The number of methoxy groups -OCH3 is 1. The molecular formula is C16H12ClFO3. The van der Waals surface area contributed by atoms with E-state index < -0.39 is 5.97 Å². The molecule has 0 aromatic heterocycles. The topological polar surface area (TPSA) is 46.5 Å². The van der Waals surface area contributed by atoms with E-state index in [2.05, 4.69) is 0 Å². The first-order valence-corrected chi connectivity index (χ1v) is 6.43. The highest BCUT2D eigenvalue weighted by atomic mass is 35.5. The summed E-state index contributed by atoms with van der Waals surface area (Å²) in [5.41, 5.74) is 1.09. The van der Waals surface area contributed by atoms with Crippen LogP contribution in [0.15, 0.2) is 42.5 Å². The van der Waals surface area contributed by atoms with Crippen LogP contribution in [0.4, 0.5) is 4.39 Å². The lowest BCUT2D eigenvalue weighted by Gasteiger charge is -2.07. The van der Waals surface area contributed by atoms with Crippen molar-refractivity contribution in [2.75, 3.05) is 7.11 Å². The molecule has 0 saturated heterocycles. The molecule has 0 fully saturated rings. The van der Waals surface area contributed by atoms with Gasteiger partial charge < -0.3 is 9.84 Å². The summed E-state index contributed by atoms with van der Waals surface area (Å²) in [5, 5.41) is 9.66. The van der Waals surface area contributed by atoms with Gasteiger partial charge in [-0.3, -0.25) is 0 Å². The SMILES string of the molecule is COc1ccc(/C(=C/c2ccc(F)cc2)C(=O)O)cc1Cl. The number of hydrogen-bond acceptors (Lipinski definition) is 2. The van der Waals surface area contributed by atoms with E-state index in [0.29, 0.717) is 21.9 Å². The summed E-state index contributed by atoms with van der Waals surface area (Å²) in [6, 6.07) is 10.3. The lowest BCUT2D eigenvalue weighted by Crippen LogP contribution is -2.00. The predicted molar refractivity (Wildman–Crippen MR) is 79.9 cm³/mol. The van der Waals surface area contributed by atoms with Gasteiger partial charge in [-0.1, -0.05) is 29.8 Å². The van der Waals surface area contributed by atoms with Crippen LogP contribution in [0, 0.1) is 5.82 Å². The number of aliphatic carboxylic acids is 1. The summed E-state index contributed by atoms with van der Waals surface area (Å²) in [6.07, 6.45) is 1.46. The van der Waals surface area contributed by atoms with Crippen LogP contribution >= 0.6 is 11.6 Å². The minimum atomic E-state index is -1.10. The zero-order valence-electron chi connectivity index (χ0n) is 11.1. The normalized spacial score (nSPS) is 11.3. The molecule has 2 aromatic carbocycles. The summed E-state index contributed by atoms with van der Waals surface area (Å²) >= 11 is 6.01. The summed E-state index contributed by atoms with van der Waals surface area (Å²) < 4.78 is 17.9. The molecule has 0 aliphatic carbocycles. The van der Waals surface area contributed by atoms with Crippen LogP contribution < -0.4 is 4.74 Å². The van der Waals surface area contributed by atoms with Crippen molar-refractivity contribution in [3.05, 3.63) is 64.4 Å². The maximum Gasteiger partial charge on any atom is 0.336 e. The maximum absolute atomic E-state index is 12.9. The lowest BCUT2D eigenvalue weighted by atomic mass is 10.0. The zero-order chi connectivity index (χ0) is 15.4. The van der Waals surface area contributed by atoms with Crippen LogP contribution in [0.5, 0.6) is 5.75 Å². The molecule has 0 amide bonds. The fraction of sp³-hybridized carbons (Fsp3) is 0.0625. The standard InChI is InChI=1S/C16H12ClFO3/c1-21-15-7-4-11(9-14(15)17)13(16(19)20)8-10-2-5-12(18)6-3-10/h2-9H,1H3,(H,19,20)/b13-8-. The Morgan fingerprint density at radius 3 is 2.43 bits per heavy atom. The Morgan fingerprint density at radius 2 is 1.90 bits per heavy atom. The predicted octanol–water partition coefficient (Wildman–Crippen LogP) is 4.11. The van der Waals surface area contributed by atoms with Gasteiger partial charge in [0.05, 0.1) is 17.7 Å². The number of rotatable bonds is 4. The van der Waals surface area contributed by atoms with Crippen molar-refractivity contribution < 1.29 is 19.0 Å². The fourth-order valence-electron chi connectivity index (χ4n) is 1.83. The molecule has 0 spiro atoms. The van der Waals surface area contributed by atoms with Crippen LogP contribution in [-0.2, 0) is 4.79 Å². The third kappa shape index (κ3) is 3.61. The minimum Gasteiger partial charge on any atom is -0.495 e. The van der Waals surface area contributed by atoms with Gasteiger partial charge in [0.1, 0.15) is 11.6 Å². The molecule has 0 unspecified atom stereocenters. The van der Waals surface area contributed by atoms with Crippen LogP contribution in [0.1, 0.15) is 11.1 Å². The van der Waals surface area contributed by atoms with Gasteiger partial charge in [0, 0.05) is 0 Å². The van der Waals surface area contributed by atoms with Crippen LogP contribution in [0.25, 0.3) is 11.6 Å². The highest BCUT2D eigenvalue weighted by Crippen LogP contribution is 2.29. The van der Waals surface area contributed by atoms with Crippen molar-refractivity contribution in [3.63, 3.8) is 0 Å². The van der Waals surface area contributed by atoms with E-state index >= 15 is 0 Å². The number of ether oxygens (including phenoxy) is 1. The van der Waals surface area contributed by atoms with Gasteiger partial charge >= 0.3 is 5.97 Å². The zero-order valence-corrected chi connectivity index (χ0v) is 11.9. The van der Waals surface area contributed by atoms with Crippen molar-refractivity contribution in [1.82, 2.24) is 0 Å². The van der Waals surface area contributed by atoms with E-state index in [1.54, 1.807) is 12.1 Å². The molecule has 1 N–H and O–H groups in total. The molecule has 0 heterocycles. The van der Waals surface area contributed by atoms with E-state index in [0.717, 1.165) is 0 Å². The van der Waals surface area contributed by atoms with Gasteiger partial charge in [-0.25, -0.2) is 9.18 Å². The number of benzene rings is 2. The number of carbonyl (C=O) groups is 1. The first kappa shape index (κ1) is 15.1. The quantitative estimate of drug-likeness (QED) is 0.683. The Morgan fingerprint density at radius 1 is 1.24 bits per heavy atom. The molecule has 108 valence electrons. The van der Waals surface area contributed by atoms with Gasteiger partial charge in [0.25, 0.3) is 0 Å². The third-order valence-corrected chi connectivity index (χ3v) is 3.17. The molecule has 0 aliphatic heterocycles. The van der Waals surface area contributed by atoms with Gasteiger partial charge in [-0.2, -0.15) is 0 Å². The number of carboxylic acids is 1. The first-order valence-electron chi connectivity index (χ1n) is 6.05. The van der Waals surface area contributed by atoms with Crippen molar-refractivity contribution in [2.24, 2.45) is 0 Å². The second-order valence-corrected chi connectivity index (χ2v) is 4.67. The molecule has 0 bridgehead atoms. The van der Waals surface area contributed by atoms with E-state index in [9.17, 15) is 14.3 Å². The first-order chi connectivity index (χ1) is 10.0. The van der Waals surface area contributed by atoms with Gasteiger partial charge in [-0.15, -0.1) is 0 Å². The highest BCUT2D eigenvalue weighted by molar-refractivity contribution is 6.32. The fourth-order valence-corrected chi connectivity index (χ4v) is 2.09. The van der Waals surface area contributed by atoms with Crippen molar-refractivity contribution in [3.8, 4) is 5.75 Å². The number of halogens is 2. The molecule has 0 aliphatic rings. The average molecular weight is 307 g/mol. The van der Waals surface area contributed by atoms with E-state index in [1.165, 1.54) is 43.5 Å². The third-order valence-electron chi connectivity index (χ3n) is 2.87. The maximum atomic E-state index is 12.9. The molecule has 0 saturated carbocycles. The Hall–Kier alpha value is -2.33. The van der Waals surface area contributed by atoms with E-state index in [1.807, 2.05) is 0 Å². The Labute approximate surface area is 126 Å². The minimum absolute atomic E-state index is 0.0613. The van der Waals surface area contributed by atoms with Crippen LogP contribution in [-0.4, -0.2) is 18.2 Å². The van der Waals surface area contributed by atoms with Gasteiger partial charge in [0.15, 0.2) is 0 Å². The number of carboxylic acid groups (broad SMARTS) is 1. The largest absolute Gasteiger partial charge is 0.495 e. The second kappa shape index (κ2) is 6.41. The molecule has 0 atom stereocenters. The molecular weight excluding hydrogens is 295 g/mol. The lowest BCUT2D eigenvalue weighted by molar-refractivity contribution is -0.130. The Bertz CT molecular complexity index is 693. The number of hydrogen-bond donors (Lipinski definition) is 1. The Balaban J connectivity index is 2.46. The average Bonchev–Trinajstić information content (AvgIpc) is 2.46. The van der Waals surface area contributed by atoms with Crippen molar-refractivity contribution in [2.45, 2.75) is 0 Å². The molecule has 2 rings (SSSR count). The van der Waals surface area contributed by atoms with Crippen LogP contribution in [0.2, 0.25) is 5.02 Å². The second-order valence-electron chi connectivity index (χ2n) is 4.26. The molecule has 5 heteroatoms. The summed E-state index contributed by atoms with van der Waals surface area (Å²) in [7, 11) is 1.48. The van der Waals surface area contributed by atoms with Crippen molar-refractivity contribution in [1.29, 1.82) is 0 Å². The smallest absolute Gasteiger partial charge is 0.336 e. The summed E-state index contributed by atoms with van der Waals surface area (Å²) in [5.74, 6) is -1.01. The Kier molecular flexibility index (Phi) is 4.60. The van der Waals surface area contributed by atoms with Crippen molar-refractivity contribution >= 4 is 29.2 Å². The molecule has 0 radical (unpaired) electrons.